The normalized spacial score (nSPS) is 17.9. The molecule has 2 heteroatoms. The van der Waals surface area contributed by atoms with Gasteiger partial charge in [0.1, 0.15) is 23.6 Å². The summed E-state index contributed by atoms with van der Waals surface area (Å²) in [7, 11) is 0. The van der Waals surface area contributed by atoms with Crippen LogP contribution in [0.25, 0.3) is 39.3 Å². The molecule has 6 rings (SSSR count). The van der Waals surface area contributed by atoms with Crippen molar-refractivity contribution in [2.45, 2.75) is 45.1 Å². The van der Waals surface area contributed by atoms with Crippen LogP contribution in [0.15, 0.2) is 116 Å². The zero-order valence-corrected chi connectivity index (χ0v) is 21.6. The Labute approximate surface area is 214 Å². The van der Waals surface area contributed by atoms with Crippen LogP contribution in [-0.4, -0.2) is 4.57 Å². The van der Waals surface area contributed by atoms with Crippen molar-refractivity contribution in [2.24, 2.45) is 0 Å². The summed E-state index contributed by atoms with van der Waals surface area (Å²) in [5, 5.41) is 0. The van der Waals surface area contributed by atoms with Crippen molar-refractivity contribution in [1.82, 2.24) is 4.57 Å². The van der Waals surface area contributed by atoms with Gasteiger partial charge in [0.05, 0.1) is 5.56 Å². The lowest BCUT2D eigenvalue weighted by molar-refractivity contribution is -0.759. The van der Waals surface area contributed by atoms with Gasteiger partial charge in [-0.1, -0.05) is 111 Å². The molecule has 0 fully saturated rings. The maximum Gasteiger partial charge on any atom is 0.294 e. The molecule has 1 aliphatic rings. The summed E-state index contributed by atoms with van der Waals surface area (Å²) in [6.07, 6.45) is 5.63. The Balaban J connectivity index is 1.72. The van der Waals surface area contributed by atoms with Gasteiger partial charge in [-0.3, -0.25) is 0 Å². The van der Waals surface area contributed by atoms with Crippen molar-refractivity contribution in [2.75, 3.05) is 0 Å². The van der Waals surface area contributed by atoms with Crippen LogP contribution in [0, 0.1) is 0 Å². The van der Waals surface area contributed by atoms with Gasteiger partial charge >= 0.3 is 0 Å². The number of rotatable bonds is 4. The summed E-state index contributed by atoms with van der Waals surface area (Å²) >= 11 is 0. The first kappa shape index (κ1) is 22.5. The highest BCUT2D eigenvalue weighted by molar-refractivity contribution is 5.86. The molecule has 178 valence electrons. The molecule has 0 aliphatic carbocycles. The number of hydrogen-bond donors (Lipinski definition) is 0. The Hall–Kier alpha value is -3.91. The van der Waals surface area contributed by atoms with Crippen LogP contribution >= 0.6 is 0 Å². The third-order valence-electron chi connectivity index (χ3n) is 8.69. The molecule has 1 aromatic heterocycles. The van der Waals surface area contributed by atoms with E-state index in [-0.39, 0.29) is 11.0 Å². The van der Waals surface area contributed by atoms with E-state index >= 15 is 0 Å². The molecule has 0 amide bonds. The molecule has 0 saturated carbocycles. The smallest absolute Gasteiger partial charge is 0.224 e. The molecule has 0 radical (unpaired) electrons. The van der Waals surface area contributed by atoms with E-state index in [1.807, 2.05) is 0 Å². The van der Waals surface area contributed by atoms with Crippen molar-refractivity contribution in [1.29, 1.82) is 0 Å². The highest BCUT2D eigenvalue weighted by Gasteiger charge is 2.53. The maximum atomic E-state index is 2.51. The first-order chi connectivity index (χ1) is 17.5. The van der Waals surface area contributed by atoms with Crippen LogP contribution in [0.5, 0.6) is 0 Å². The number of nitrogens with zero attached hydrogens (tertiary/aromatic N) is 2. The molecule has 36 heavy (non-hydrogen) atoms. The summed E-state index contributed by atoms with van der Waals surface area (Å²) in [4.78, 5) is 0. The average Bonchev–Trinajstić information content (AvgIpc) is 3.38. The topological polar surface area (TPSA) is 8.81 Å². The fraction of sp³-hybridized carbons (Fsp3) is 0.206. The average molecular weight is 470 g/mol. The van der Waals surface area contributed by atoms with E-state index in [9.17, 15) is 0 Å². The molecular weight excluding hydrogens is 436 g/mol. The fourth-order valence-corrected chi connectivity index (χ4v) is 6.16. The molecule has 0 bridgehead atoms. The molecule has 0 spiro atoms. The van der Waals surface area contributed by atoms with Crippen LogP contribution in [-0.2, 0) is 11.0 Å². The molecule has 4 aromatic carbocycles. The van der Waals surface area contributed by atoms with Crippen LogP contribution in [0.2, 0.25) is 0 Å². The molecule has 0 N–H and O–H groups in total. The molecule has 1 atom stereocenters. The minimum Gasteiger partial charge on any atom is -0.224 e. The second-order valence-electron chi connectivity index (χ2n) is 10.6. The van der Waals surface area contributed by atoms with E-state index in [0.29, 0.717) is 0 Å². The number of benzene rings is 4. The van der Waals surface area contributed by atoms with E-state index in [0.717, 1.165) is 6.42 Å². The lowest BCUT2D eigenvalue weighted by Gasteiger charge is -2.46. The van der Waals surface area contributed by atoms with Crippen molar-refractivity contribution >= 4 is 0 Å². The molecule has 1 unspecified atom stereocenters. The second kappa shape index (κ2) is 8.34. The standard InChI is InChI=1S/C34H33N2/c1-5-34(4)30-22-13-12-19-29(30)32-35(23-24-36(32)33(34,2)3)31-27(25-15-8-6-9-16-25)20-14-21-28(31)26-17-10-7-11-18-26/h6-24H,5H2,1-4H3/q+1. The summed E-state index contributed by atoms with van der Waals surface area (Å²) in [6, 6.07) is 37.2. The summed E-state index contributed by atoms with van der Waals surface area (Å²) < 4.78 is 4.94. The van der Waals surface area contributed by atoms with Crippen LogP contribution < -0.4 is 4.57 Å². The lowest BCUT2D eigenvalue weighted by Crippen LogP contribution is -2.65. The van der Waals surface area contributed by atoms with Gasteiger partial charge in [0, 0.05) is 16.5 Å². The minimum atomic E-state index is -0.0920. The third-order valence-corrected chi connectivity index (χ3v) is 8.69. The monoisotopic (exact) mass is 469 g/mol. The van der Waals surface area contributed by atoms with Crippen molar-refractivity contribution in [3.05, 3.63) is 121 Å². The van der Waals surface area contributed by atoms with Gasteiger partial charge in [-0.15, -0.1) is 0 Å². The van der Waals surface area contributed by atoms with Crippen LogP contribution in [0.4, 0.5) is 0 Å². The Morgan fingerprint density at radius 1 is 0.639 bits per heavy atom. The second-order valence-corrected chi connectivity index (χ2v) is 10.6. The van der Waals surface area contributed by atoms with Gasteiger partial charge in [-0.05, 0) is 43.0 Å². The van der Waals surface area contributed by atoms with Gasteiger partial charge in [0.25, 0.3) is 5.82 Å². The quantitative estimate of drug-likeness (QED) is 0.235. The zero-order chi connectivity index (χ0) is 24.9. The predicted octanol–water partition coefficient (Wildman–Crippen LogP) is 8.18. The Morgan fingerprint density at radius 2 is 1.17 bits per heavy atom. The van der Waals surface area contributed by atoms with E-state index in [1.54, 1.807) is 0 Å². The van der Waals surface area contributed by atoms with Gasteiger partial charge < -0.3 is 0 Å². The number of para-hydroxylation sites is 1. The van der Waals surface area contributed by atoms with E-state index in [2.05, 4.69) is 152 Å². The Bertz CT molecular complexity index is 1490. The van der Waals surface area contributed by atoms with Gasteiger partial charge in [-0.2, -0.15) is 4.57 Å². The Kier molecular flexibility index (Phi) is 5.22. The number of hydrogen-bond acceptors (Lipinski definition) is 0. The first-order valence-corrected chi connectivity index (χ1v) is 12.9. The van der Waals surface area contributed by atoms with Gasteiger partial charge in [0.2, 0.25) is 0 Å². The van der Waals surface area contributed by atoms with Crippen molar-refractivity contribution in [3.63, 3.8) is 0 Å². The Morgan fingerprint density at radius 3 is 1.75 bits per heavy atom. The van der Waals surface area contributed by atoms with Crippen LogP contribution in [0.1, 0.15) is 39.7 Å². The van der Waals surface area contributed by atoms with Crippen molar-refractivity contribution < 1.29 is 4.57 Å². The molecular formula is C34H33N2+. The van der Waals surface area contributed by atoms with Gasteiger partial charge in [0.15, 0.2) is 0 Å². The first-order valence-electron chi connectivity index (χ1n) is 12.9. The largest absolute Gasteiger partial charge is 0.294 e. The summed E-state index contributed by atoms with van der Waals surface area (Å²) in [5.74, 6) is 1.24. The molecule has 2 nitrogen and oxygen atoms in total. The molecule has 1 aliphatic heterocycles. The van der Waals surface area contributed by atoms with E-state index in [4.69, 9.17) is 0 Å². The van der Waals surface area contributed by atoms with E-state index < -0.39 is 0 Å². The minimum absolute atomic E-state index is 0.0225. The molecule has 5 aromatic rings. The third kappa shape index (κ3) is 3.14. The number of aromatic nitrogens is 2. The molecule has 2 heterocycles. The SMILES string of the molecule is CCC1(C)c2ccccc2-c2n(-c3c(-c4ccccc4)cccc3-c3ccccc3)cc[n+]2C1(C)C. The maximum absolute atomic E-state index is 2.51. The lowest BCUT2D eigenvalue weighted by atomic mass is 9.63. The fourth-order valence-electron chi connectivity index (χ4n) is 6.16. The molecule has 0 saturated heterocycles. The zero-order valence-electron chi connectivity index (χ0n) is 21.6. The highest BCUT2D eigenvalue weighted by Crippen LogP contribution is 2.49. The number of imidazole rings is 1. The highest BCUT2D eigenvalue weighted by atomic mass is 15.2. The van der Waals surface area contributed by atoms with Gasteiger partial charge in [-0.25, -0.2) is 4.57 Å². The summed E-state index contributed by atoms with van der Waals surface area (Å²) in [6.45, 7) is 9.52. The number of fused-ring (bicyclic) bond motifs is 3. The predicted molar refractivity (Wildman–Crippen MR) is 149 cm³/mol. The van der Waals surface area contributed by atoms with Crippen LogP contribution in [0.3, 0.4) is 0 Å². The summed E-state index contributed by atoms with van der Waals surface area (Å²) in [5.41, 5.74) is 8.79. The van der Waals surface area contributed by atoms with Crippen molar-refractivity contribution in [3.8, 4) is 39.3 Å². The van der Waals surface area contributed by atoms with E-state index in [1.165, 1.54) is 44.9 Å².